The quantitative estimate of drug-likeness (QED) is 0.218. The Morgan fingerprint density at radius 1 is 1.16 bits per heavy atom. The predicted molar refractivity (Wildman–Crippen MR) is 138 cm³/mol. The van der Waals surface area contributed by atoms with E-state index in [1.54, 1.807) is 11.8 Å². The number of hydrazine groups is 1. The van der Waals surface area contributed by atoms with E-state index in [2.05, 4.69) is 74.8 Å². The van der Waals surface area contributed by atoms with Crippen LogP contribution in [0.2, 0.25) is 0 Å². The molecule has 0 saturated heterocycles. The van der Waals surface area contributed by atoms with Gasteiger partial charge in [0, 0.05) is 49.3 Å². The third kappa shape index (κ3) is 6.12. The lowest BCUT2D eigenvalue weighted by atomic mass is 9.97. The lowest BCUT2D eigenvalue weighted by molar-refractivity contribution is 0.461. The highest BCUT2D eigenvalue weighted by Crippen LogP contribution is 2.47. The number of nitrogens with zero attached hydrogens (tertiary/aromatic N) is 2. The molecule has 0 spiro atoms. The van der Waals surface area contributed by atoms with Crippen molar-refractivity contribution in [2.75, 3.05) is 25.0 Å². The summed E-state index contributed by atoms with van der Waals surface area (Å²) < 4.78 is 0. The fourth-order valence-electron chi connectivity index (χ4n) is 4.20. The van der Waals surface area contributed by atoms with Crippen LogP contribution in [0.5, 0.6) is 0 Å². The van der Waals surface area contributed by atoms with Crippen molar-refractivity contribution in [1.29, 1.82) is 5.41 Å². The first-order valence-electron chi connectivity index (χ1n) is 12.0. The number of hydrogen-bond donors (Lipinski definition) is 3. The van der Waals surface area contributed by atoms with Gasteiger partial charge in [0.05, 0.1) is 0 Å². The molecular weight excluding hydrogens is 414 g/mol. The summed E-state index contributed by atoms with van der Waals surface area (Å²) in [7, 11) is 2.15. The fraction of sp³-hybridized carbons (Fsp3) is 0.538. The molecule has 3 N–H and O–H groups in total. The lowest BCUT2D eigenvalue weighted by Crippen LogP contribution is -2.45. The van der Waals surface area contributed by atoms with Gasteiger partial charge in [0.1, 0.15) is 10.8 Å². The smallest absolute Gasteiger partial charge is 0.133 e. The minimum Gasteiger partial charge on any atom is -0.358 e. The molecule has 1 unspecified atom stereocenters. The van der Waals surface area contributed by atoms with Crippen LogP contribution in [0.4, 0.5) is 5.82 Å². The maximum Gasteiger partial charge on any atom is 0.133 e. The molecule has 1 heterocycles. The van der Waals surface area contributed by atoms with Crippen LogP contribution < -0.4 is 15.8 Å². The summed E-state index contributed by atoms with van der Waals surface area (Å²) in [6.07, 6.45) is 5.98. The molecule has 2 aromatic rings. The van der Waals surface area contributed by atoms with Crippen LogP contribution in [0, 0.1) is 5.41 Å². The number of benzene rings is 1. The van der Waals surface area contributed by atoms with E-state index in [-0.39, 0.29) is 0 Å². The van der Waals surface area contributed by atoms with Gasteiger partial charge in [-0.3, -0.25) is 10.9 Å². The molecule has 1 fully saturated rings. The minimum atomic E-state index is 0.300. The van der Waals surface area contributed by atoms with Gasteiger partial charge in [-0.25, -0.2) is 4.98 Å². The van der Waals surface area contributed by atoms with Crippen molar-refractivity contribution in [2.24, 2.45) is 0 Å². The lowest BCUT2D eigenvalue weighted by Gasteiger charge is -2.28. The minimum absolute atomic E-state index is 0.300. The first-order chi connectivity index (χ1) is 15.5. The number of aryl methyl sites for hydroxylation is 1. The van der Waals surface area contributed by atoms with Gasteiger partial charge in [-0.1, -0.05) is 45.0 Å². The highest BCUT2D eigenvalue weighted by atomic mass is 32.2. The molecule has 0 amide bonds. The molecule has 1 aromatic heterocycles. The molecule has 6 heteroatoms. The predicted octanol–water partition coefficient (Wildman–Crippen LogP) is 5.31. The van der Waals surface area contributed by atoms with Crippen molar-refractivity contribution < 1.29 is 0 Å². The summed E-state index contributed by atoms with van der Waals surface area (Å²) in [5.41, 5.74) is 12.9. The number of hydrogen-bond acceptors (Lipinski definition) is 6. The van der Waals surface area contributed by atoms with Gasteiger partial charge in [-0.15, -0.1) is 11.8 Å². The van der Waals surface area contributed by atoms with E-state index in [4.69, 9.17) is 10.4 Å². The summed E-state index contributed by atoms with van der Waals surface area (Å²) in [5, 5.41) is 9.16. The Balaban J connectivity index is 1.91. The number of thioether (sulfide) groups is 1. The molecule has 0 aliphatic heterocycles. The number of nitrogens with one attached hydrogen (secondary N) is 3. The molecule has 32 heavy (non-hydrogen) atoms. The molecule has 174 valence electrons. The van der Waals surface area contributed by atoms with Crippen molar-refractivity contribution in [1.82, 2.24) is 15.8 Å². The van der Waals surface area contributed by atoms with E-state index < -0.39 is 0 Å². The van der Waals surface area contributed by atoms with E-state index in [1.807, 2.05) is 0 Å². The van der Waals surface area contributed by atoms with Crippen LogP contribution in [0.15, 0.2) is 29.3 Å². The van der Waals surface area contributed by atoms with E-state index in [0.717, 1.165) is 48.1 Å². The van der Waals surface area contributed by atoms with Gasteiger partial charge < -0.3 is 10.3 Å². The van der Waals surface area contributed by atoms with Crippen LogP contribution in [0.1, 0.15) is 74.3 Å². The number of aromatic nitrogens is 1. The van der Waals surface area contributed by atoms with Crippen molar-refractivity contribution >= 4 is 23.8 Å². The molecular formula is C26H39N5S. The first kappa shape index (κ1) is 24.7. The standard InChI is InChI=1S/C26H39N5S/c1-6-19-9-11-20(12-10-19)17-32-26-23(15-27)22(7-2)24(21-13-14-21)25(29-26)31(5)16-18(4)30-28-8-3/h9-12,15,18,21,27-28,30H,6-8,13-14,16-17H2,1-5H3. The Hall–Kier alpha value is -1.89. The van der Waals surface area contributed by atoms with Gasteiger partial charge in [-0.2, -0.15) is 0 Å². The average Bonchev–Trinajstić information content (AvgIpc) is 3.65. The van der Waals surface area contributed by atoms with Crippen molar-refractivity contribution in [3.63, 3.8) is 0 Å². The summed E-state index contributed by atoms with van der Waals surface area (Å²) >= 11 is 1.76. The SMILES string of the molecule is CCNNC(C)CN(C)c1nc(SCc2ccc(CC)cc2)c(C=N)c(CC)c1C1CC1. The number of likely N-dealkylation sites (N-methyl/N-ethyl adjacent to an activating group) is 1. The highest BCUT2D eigenvalue weighted by molar-refractivity contribution is 7.98. The Labute approximate surface area is 198 Å². The zero-order valence-electron chi connectivity index (χ0n) is 20.3. The van der Waals surface area contributed by atoms with E-state index in [1.165, 1.54) is 41.3 Å². The first-order valence-corrected chi connectivity index (χ1v) is 13.0. The van der Waals surface area contributed by atoms with Crippen LogP contribution in [0.25, 0.3) is 0 Å². The Bertz CT molecular complexity index is 892. The van der Waals surface area contributed by atoms with Gasteiger partial charge in [0.15, 0.2) is 0 Å². The maximum absolute atomic E-state index is 8.18. The third-order valence-corrected chi connectivity index (χ3v) is 7.12. The molecule has 5 nitrogen and oxygen atoms in total. The molecule has 0 radical (unpaired) electrons. The van der Waals surface area contributed by atoms with Crippen LogP contribution in [-0.4, -0.2) is 37.4 Å². The normalized spacial score (nSPS) is 14.4. The monoisotopic (exact) mass is 453 g/mol. The molecule has 1 atom stereocenters. The van der Waals surface area contributed by atoms with Crippen LogP contribution >= 0.6 is 11.8 Å². The average molecular weight is 454 g/mol. The van der Waals surface area contributed by atoms with Crippen molar-refractivity contribution in [2.45, 2.75) is 76.1 Å². The van der Waals surface area contributed by atoms with Gasteiger partial charge in [0.2, 0.25) is 0 Å². The second-order valence-electron chi connectivity index (χ2n) is 8.73. The van der Waals surface area contributed by atoms with Gasteiger partial charge >= 0.3 is 0 Å². The highest BCUT2D eigenvalue weighted by Gasteiger charge is 2.32. The molecule has 0 bridgehead atoms. The Kier molecular flexibility index (Phi) is 9.14. The Morgan fingerprint density at radius 2 is 1.84 bits per heavy atom. The molecule has 1 saturated carbocycles. The van der Waals surface area contributed by atoms with Gasteiger partial charge in [-0.05, 0) is 55.2 Å². The van der Waals surface area contributed by atoms with E-state index >= 15 is 0 Å². The van der Waals surface area contributed by atoms with Crippen LogP contribution in [-0.2, 0) is 18.6 Å². The number of rotatable bonds is 13. The van der Waals surface area contributed by atoms with Crippen molar-refractivity contribution in [3.8, 4) is 0 Å². The maximum atomic E-state index is 8.18. The second-order valence-corrected chi connectivity index (χ2v) is 9.70. The topological polar surface area (TPSA) is 64.0 Å². The summed E-state index contributed by atoms with van der Waals surface area (Å²) in [6, 6.07) is 9.17. The Morgan fingerprint density at radius 3 is 2.41 bits per heavy atom. The molecule has 1 aliphatic rings. The molecule has 1 aromatic carbocycles. The largest absolute Gasteiger partial charge is 0.358 e. The van der Waals surface area contributed by atoms with Crippen LogP contribution in [0.3, 0.4) is 0 Å². The molecule has 1 aliphatic carbocycles. The zero-order chi connectivity index (χ0) is 23.1. The number of pyridine rings is 1. The number of anilines is 1. The molecule has 3 rings (SSSR count). The summed E-state index contributed by atoms with van der Waals surface area (Å²) in [6.45, 7) is 10.5. The summed E-state index contributed by atoms with van der Waals surface area (Å²) in [5.74, 6) is 2.56. The zero-order valence-corrected chi connectivity index (χ0v) is 21.1. The van der Waals surface area contributed by atoms with E-state index in [9.17, 15) is 0 Å². The van der Waals surface area contributed by atoms with E-state index in [0.29, 0.717) is 12.0 Å². The third-order valence-electron chi connectivity index (χ3n) is 6.05. The second kappa shape index (κ2) is 11.8. The van der Waals surface area contributed by atoms with Gasteiger partial charge in [0.25, 0.3) is 0 Å². The van der Waals surface area contributed by atoms with Crippen molar-refractivity contribution in [3.05, 3.63) is 52.1 Å². The summed E-state index contributed by atoms with van der Waals surface area (Å²) in [4.78, 5) is 7.49. The fourth-order valence-corrected chi connectivity index (χ4v) is 5.18.